The van der Waals surface area contributed by atoms with Gasteiger partial charge in [0.25, 0.3) is 11.8 Å². The number of carbonyl (C=O) groups is 2. The lowest BCUT2D eigenvalue weighted by atomic mass is 10.1. The van der Waals surface area contributed by atoms with Gasteiger partial charge in [0.1, 0.15) is 11.5 Å². The van der Waals surface area contributed by atoms with Gasteiger partial charge >= 0.3 is 0 Å². The first-order chi connectivity index (χ1) is 17.5. The van der Waals surface area contributed by atoms with Crippen LogP contribution in [0, 0.1) is 0 Å². The second kappa shape index (κ2) is 11.5. The Kier molecular flexibility index (Phi) is 7.96. The topological polar surface area (TPSA) is 140 Å². The van der Waals surface area contributed by atoms with Crippen molar-refractivity contribution < 1.29 is 19.1 Å². The van der Waals surface area contributed by atoms with E-state index in [0.717, 1.165) is 24.9 Å². The number of nitrogen functional groups attached to an aromatic ring is 1. The highest BCUT2D eigenvalue weighted by Crippen LogP contribution is 2.23. The summed E-state index contributed by atoms with van der Waals surface area (Å²) in [6.45, 7) is 1.94. The van der Waals surface area contributed by atoms with Crippen molar-refractivity contribution in [1.29, 1.82) is 0 Å². The Morgan fingerprint density at radius 1 is 1.11 bits per heavy atom. The Balaban J connectivity index is 1.48. The lowest BCUT2D eigenvalue weighted by molar-refractivity contribution is 0.0923. The number of ether oxygens (including phenoxy) is 2. The Labute approximate surface area is 209 Å². The molecule has 0 saturated carbocycles. The smallest absolute Gasteiger partial charge is 0.274 e. The van der Waals surface area contributed by atoms with Gasteiger partial charge in [0, 0.05) is 36.3 Å². The van der Waals surface area contributed by atoms with Crippen LogP contribution in [-0.2, 0) is 6.54 Å². The summed E-state index contributed by atoms with van der Waals surface area (Å²) >= 11 is 0. The highest BCUT2D eigenvalue weighted by Gasteiger charge is 2.20. The van der Waals surface area contributed by atoms with E-state index in [1.54, 1.807) is 44.6 Å². The largest absolute Gasteiger partial charge is 0.497 e. The molecule has 10 heteroatoms. The molecule has 4 rings (SSSR count). The van der Waals surface area contributed by atoms with Gasteiger partial charge in [-0.05, 0) is 49.2 Å². The van der Waals surface area contributed by atoms with E-state index in [0.29, 0.717) is 41.4 Å². The minimum atomic E-state index is -0.363. The zero-order valence-electron chi connectivity index (χ0n) is 20.3. The maximum absolute atomic E-state index is 12.9. The summed E-state index contributed by atoms with van der Waals surface area (Å²) in [7, 11) is 3.15. The molecule has 1 unspecified atom stereocenters. The number of hydrogen-bond acceptors (Lipinski definition) is 8. The molecule has 2 aromatic carbocycles. The number of amides is 2. The maximum atomic E-state index is 12.9. The monoisotopic (exact) mass is 490 g/mol. The van der Waals surface area contributed by atoms with Crippen LogP contribution in [0.25, 0.3) is 11.3 Å². The standard InChI is InChI=1S/C26H30N6O4/c1-35-20-9-16(10-21(12-20)36-2)13-30-25(33)18-6-3-5-17(11-18)22-15-29-24(27)23(32-22)26(34)31-19-7-4-8-28-14-19/h3,5-6,9-12,15,19,28H,4,7-8,13-14H2,1-2H3,(H2,27,29)(H,30,33)(H,31,34). The minimum Gasteiger partial charge on any atom is -0.497 e. The lowest BCUT2D eigenvalue weighted by Crippen LogP contribution is -2.46. The average Bonchev–Trinajstić information content (AvgIpc) is 2.92. The number of aromatic nitrogens is 2. The number of benzene rings is 2. The number of hydrogen-bond donors (Lipinski definition) is 4. The predicted octanol–water partition coefficient (Wildman–Crippen LogP) is 2.15. The number of carbonyl (C=O) groups excluding carboxylic acids is 2. The summed E-state index contributed by atoms with van der Waals surface area (Å²) in [6, 6.07) is 12.4. The molecule has 0 spiro atoms. The van der Waals surface area contributed by atoms with Crippen LogP contribution in [0.15, 0.2) is 48.7 Å². The molecule has 0 radical (unpaired) electrons. The van der Waals surface area contributed by atoms with Crippen molar-refractivity contribution in [3.8, 4) is 22.8 Å². The summed E-state index contributed by atoms with van der Waals surface area (Å²) < 4.78 is 10.6. The van der Waals surface area contributed by atoms with Crippen LogP contribution in [0.5, 0.6) is 11.5 Å². The number of anilines is 1. The number of nitrogens with one attached hydrogen (secondary N) is 3. The predicted molar refractivity (Wildman–Crippen MR) is 136 cm³/mol. The van der Waals surface area contributed by atoms with Crippen LogP contribution in [0.2, 0.25) is 0 Å². The van der Waals surface area contributed by atoms with Crippen molar-refractivity contribution in [2.45, 2.75) is 25.4 Å². The SMILES string of the molecule is COc1cc(CNC(=O)c2cccc(-c3cnc(N)c(C(=O)NC4CCCNC4)n3)c2)cc(OC)c1. The van der Waals surface area contributed by atoms with Crippen LogP contribution in [0.4, 0.5) is 5.82 Å². The first-order valence-electron chi connectivity index (χ1n) is 11.7. The Hall–Kier alpha value is -4.18. The Morgan fingerprint density at radius 3 is 2.58 bits per heavy atom. The molecule has 0 bridgehead atoms. The molecule has 36 heavy (non-hydrogen) atoms. The normalized spacial score (nSPS) is 15.1. The molecular weight excluding hydrogens is 460 g/mol. The molecule has 1 aliphatic rings. The van der Waals surface area contributed by atoms with Gasteiger partial charge in [-0.1, -0.05) is 12.1 Å². The van der Waals surface area contributed by atoms with E-state index in [1.807, 2.05) is 12.1 Å². The molecule has 1 aliphatic heterocycles. The van der Waals surface area contributed by atoms with E-state index in [1.165, 1.54) is 6.20 Å². The number of nitrogens with two attached hydrogens (primary N) is 1. The molecular formula is C26H30N6O4. The molecule has 1 aromatic heterocycles. The van der Waals surface area contributed by atoms with E-state index in [2.05, 4.69) is 25.9 Å². The van der Waals surface area contributed by atoms with Crippen molar-refractivity contribution in [3.05, 3.63) is 65.5 Å². The highest BCUT2D eigenvalue weighted by molar-refractivity contribution is 5.97. The van der Waals surface area contributed by atoms with E-state index in [4.69, 9.17) is 15.2 Å². The fourth-order valence-corrected chi connectivity index (χ4v) is 4.01. The summed E-state index contributed by atoms with van der Waals surface area (Å²) in [5.41, 5.74) is 8.40. The lowest BCUT2D eigenvalue weighted by Gasteiger charge is -2.23. The molecule has 1 fully saturated rings. The molecule has 188 valence electrons. The fourth-order valence-electron chi connectivity index (χ4n) is 4.01. The molecule has 1 saturated heterocycles. The molecule has 2 amide bonds. The molecule has 2 heterocycles. The summed E-state index contributed by atoms with van der Waals surface area (Å²) in [5.74, 6) is 0.717. The van der Waals surface area contributed by atoms with Crippen molar-refractivity contribution in [2.24, 2.45) is 0 Å². The van der Waals surface area contributed by atoms with Crippen LogP contribution in [0.1, 0.15) is 39.3 Å². The van der Waals surface area contributed by atoms with Gasteiger partial charge in [0.05, 0.1) is 26.1 Å². The fraction of sp³-hybridized carbons (Fsp3) is 0.308. The number of piperidine rings is 1. The zero-order chi connectivity index (χ0) is 25.5. The number of rotatable bonds is 8. The van der Waals surface area contributed by atoms with Crippen LogP contribution in [0.3, 0.4) is 0 Å². The van der Waals surface area contributed by atoms with E-state index >= 15 is 0 Å². The van der Waals surface area contributed by atoms with Gasteiger partial charge in [0.2, 0.25) is 0 Å². The van der Waals surface area contributed by atoms with E-state index < -0.39 is 0 Å². The molecule has 3 aromatic rings. The molecule has 0 aliphatic carbocycles. The molecule has 1 atom stereocenters. The van der Waals surface area contributed by atoms with Gasteiger partial charge in [-0.25, -0.2) is 9.97 Å². The first kappa shape index (κ1) is 24.9. The Bertz CT molecular complexity index is 1220. The summed E-state index contributed by atoms with van der Waals surface area (Å²) in [5, 5.41) is 9.13. The van der Waals surface area contributed by atoms with Gasteiger partial charge in [-0.3, -0.25) is 9.59 Å². The Morgan fingerprint density at radius 2 is 1.89 bits per heavy atom. The first-order valence-corrected chi connectivity index (χ1v) is 11.7. The third-order valence-corrected chi connectivity index (χ3v) is 5.93. The second-order valence-corrected chi connectivity index (χ2v) is 8.49. The second-order valence-electron chi connectivity index (χ2n) is 8.49. The van der Waals surface area contributed by atoms with Gasteiger partial charge < -0.3 is 31.2 Å². The van der Waals surface area contributed by atoms with E-state index in [-0.39, 0.29) is 29.4 Å². The summed E-state index contributed by atoms with van der Waals surface area (Å²) in [6.07, 6.45) is 3.38. The van der Waals surface area contributed by atoms with Gasteiger partial charge in [0.15, 0.2) is 11.5 Å². The average molecular weight is 491 g/mol. The van der Waals surface area contributed by atoms with E-state index in [9.17, 15) is 9.59 Å². The minimum absolute atomic E-state index is 0.0210. The van der Waals surface area contributed by atoms with Crippen molar-refractivity contribution in [3.63, 3.8) is 0 Å². The number of methoxy groups -OCH3 is 2. The highest BCUT2D eigenvalue weighted by atomic mass is 16.5. The number of nitrogens with zero attached hydrogens (tertiary/aromatic N) is 2. The third-order valence-electron chi connectivity index (χ3n) is 5.93. The van der Waals surface area contributed by atoms with Crippen LogP contribution < -0.4 is 31.2 Å². The van der Waals surface area contributed by atoms with Gasteiger partial charge in [-0.15, -0.1) is 0 Å². The van der Waals surface area contributed by atoms with Crippen molar-refractivity contribution in [2.75, 3.05) is 33.0 Å². The summed E-state index contributed by atoms with van der Waals surface area (Å²) in [4.78, 5) is 34.3. The van der Waals surface area contributed by atoms with Crippen molar-refractivity contribution in [1.82, 2.24) is 25.9 Å². The maximum Gasteiger partial charge on any atom is 0.274 e. The quantitative estimate of drug-likeness (QED) is 0.377. The van der Waals surface area contributed by atoms with Crippen molar-refractivity contribution >= 4 is 17.6 Å². The molecule has 10 nitrogen and oxygen atoms in total. The van der Waals surface area contributed by atoms with Crippen LogP contribution in [-0.4, -0.2) is 55.1 Å². The zero-order valence-corrected chi connectivity index (χ0v) is 20.3. The van der Waals surface area contributed by atoms with Gasteiger partial charge in [-0.2, -0.15) is 0 Å². The van der Waals surface area contributed by atoms with Crippen LogP contribution >= 0.6 is 0 Å². The third kappa shape index (κ3) is 6.08. The molecule has 5 N–H and O–H groups in total.